The zero-order valence-electron chi connectivity index (χ0n) is 15.4. The molecule has 1 heterocycles. The molecule has 0 spiro atoms. The van der Waals surface area contributed by atoms with Gasteiger partial charge in [0, 0.05) is 11.4 Å². The highest BCUT2D eigenvalue weighted by Gasteiger charge is 2.06. The van der Waals surface area contributed by atoms with Crippen LogP contribution in [0.3, 0.4) is 0 Å². The molecule has 0 bridgehead atoms. The highest BCUT2D eigenvalue weighted by molar-refractivity contribution is 5.57. The van der Waals surface area contributed by atoms with Crippen molar-refractivity contribution in [3.8, 4) is 0 Å². The number of hydrogen-bond acceptors (Lipinski definition) is 3. The number of para-hydroxylation sites is 2. The molecule has 1 aromatic heterocycles. The number of aromatic nitrogens is 2. The Hall–Kier alpha value is -2.75. The predicted octanol–water partition coefficient (Wildman–Crippen LogP) is 4.87. The van der Waals surface area contributed by atoms with Gasteiger partial charge >= 0.3 is 0 Å². The lowest BCUT2D eigenvalue weighted by Gasteiger charge is -2.11. The summed E-state index contributed by atoms with van der Waals surface area (Å²) in [4.78, 5) is 0. The number of anilines is 2. The van der Waals surface area contributed by atoms with Crippen molar-refractivity contribution >= 4 is 11.4 Å². The molecular weight excluding hydrogens is 308 g/mol. The summed E-state index contributed by atoms with van der Waals surface area (Å²) in [6.45, 7) is 9.96. The summed E-state index contributed by atoms with van der Waals surface area (Å²) in [5, 5.41) is 14.6. The summed E-state index contributed by atoms with van der Waals surface area (Å²) in [6, 6.07) is 14.8. The van der Waals surface area contributed by atoms with Crippen molar-refractivity contribution in [1.82, 2.24) is 10.2 Å². The van der Waals surface area contributed by atoms with Gasteiger partial charge in [-0.05, 0) is 56.0 Å². The van der Waals surface area contributed by atoms with Crippen LogP contribution in [-0.4, -0.2) is 10.2 Å². The minimum atomic E-state index is 0.714. The molecule has 3 N–H and O–H groups in total. The second kappa shape index (κ2) is 7.43. The minimum absolute atomic E-state index is 0.714. The predicted molar refractivity (Wildman–Crippen MR) is 105 cm³/mol. The average Bonchev–Trinajstić information content (AvgIpc) is 3.02. The summed E-state index contributed by atoms with van der Waals surface area (Å²) in [6.07, 6.45) is 0. The third-order valence-electron chi connectivity index (χ3n) is 4.55. The van der Waals surface area contributed by atoms with E-state index in [0.29, 0.717) is 6.54 Å². The first kappa shape index (κ1) is 17.1. The van der Waals surface area contributed by atoms with Gasteiger partial charge in [-0.3, -0.25) is 5.10 Å². The molecule has 0 aliphatic carbocycles. The first-order valence-electron chi connectivity index (χ1n) is 8.68. The van der Waals surface area contributed by atoms with Crippen LogP contribution in [-0.2, 0) is 13.1 Å². The number of aryl methyl sites for hydroxylation is 4. The number of aromatic amines is 1. The summed E-state index contributed by atoms with van der Waals surface area (Å²) in [5.41, 5.74) is 9.53. The summed E-state index contributed by atoms with van der Waals surface area (Å²) in [5.74, 6) is 0. The first-order chi connectivity index (χ1) is 12.0. The van der Waals surface area contributed by atoms with E-state index in [4.69, 9.17) is 0 Å². The van der Waals surface area contributed by atoms with Crippen LogP contribution in [0.4, 0.5) is 11.4 Å². The Morgan fingerprint density at radius 1 is 0.760 bits per heavy atom. The van der Waals surface area contributed by atoms with E-state index in [9.17, 15) is 0 Å². The van der Waals surface area contributed by atoms with Crippen molar-refractivity contribution < 1.29 is 0 Å². The number of benzene rings is 2. The Balaban J connectivity index is 1.61. The van der Waals surface area contributed by atoms with Crippen LogP contribution < -0.4 is 10.6 Å². The van der Waals surface area contributed by atoms with Gasteiger partial charge in [-0.15, -0.1) is 0 Å². The molecule has 0 aliphatic heterocycles. The third kappa shape index (κ3) is 4.02. The lowest BCUT2D eigenvalue weighted by atomic mass is 10.1. The number of nitrogens with one attached hydrogen (secondary N) is 3. The molecule has 0 radical (unpaired) electrons. The van der Waals surface area contributed by atoms with Crippen molar-refractivity contribution in [3.63, 3.8) is 0 Å². The van der Waals surface area contributed by atoms with Gasteiger partial charge in [0.15, 0.2) is 0 Å². The van der Waals surface area contributed by atoms with Crippen LogP contribution >= 0.6 is 0 Å². The molecule has 3 rings (SSSR count). The van der Waals surface area contributed by atoms with Crippen molar-refractivity contribution in [2.24, 2.45) is 0 Å². The normalized spacial score (nSPS) is 10.7. The highest BCUT2D eigenvalue weighted by Crippen LogP contribution is 2.21. The van der Waals surface area contributed by atoms with Crippen LogP contribution in [0.25, 0.3) is 0 Å². The molecule has 2 aromatic carbocycles. The SMILES string of the molecule is Cc1cccc(C)c1NCc1cc(CNc2c(C)cccc2C)[nH]n1. The minimum Gasteiger partial charge on any atom is -0.379 e. The van der Waals surface area contributed by atoms with Crippen molar-refractivity contribution in [3.05, 3.63) is 76.1 Å². The van der Waals surface area contributed by atoms with Gasteiger partial charge in [0.1, 0.15) is 0 Å². The van der Waals surface area contributed by atoms with Gasteiger partial charge in [0.2, 0.25) is 0 Å². The third-order valence-corrected chi connectivity index (χ3v) is 4.55. The van der Waals surface area contributed by atoms with E-state index in [-0.39, 0.29) is 0 Å². The Morgan fingerprint density at radius 3 is 1.76 bits per heavy atom. The van der Waals surface area contributed by atoms with Crippen LogP contribution in [0.15, 0.2) is 42.5 Å². The average molecular weight is 334 g/mol. The van der Waals surface area contributed by atoms with Gasteiger partial charge in [-0.25, -0.2) is 0 Å². The summed E-state index contributed by atoms with van der Waals surface area (Å²) >= 11 is 0. The fourth-order valence-electron chi connectivity index (χ4n) is 3.14. The fraction of sp³-hybridized carbons (Fsp3) is 0.286. The molecule has 0 unspecified atom stereocenters. The smallest absolute Gasteiger partial charge is 0.0816 e. The van der Waals surface area contributed by atoms with E-state index in [0.717, 1.165) is 17.9 Å². The number of hydrogen-bond donors (Lipinski definition) is 3. The molecule has 0 atom stereocenters. The lowest BCUT2D eigenvalue weighted by Crippen LogP contribution is -2.03. The van der Waals surface area contributed by atoms with Gasteiger partial charge in [0.05, 0.1) is 24.5 Å². The molecule has 0 saturated carbocycles. The molecule has 130 valence electrons. The maximum Gasteiger partial charge on any atom is 0.0816 e. The molecule has 25 heavy (non-hydrogen) atoms. The van der Waals surface area contributed by atoms with E-state index in [1.165, 1.54) is 33.6 Å². The maximum atomic E-state index is 4.42. The molecule has 0 aliphatic rings. The quantitative estimate of drug-likeness (QED) is 0.603. The van der Waals surface area contributed by atoms with Gasteiger partial charge in [-0.1, -0.05) is 36.4 Å². The van der Waals surface area contributed by atoms with Crippen molar-refractivity contribution in [1.29, 1.82) is 0 Å². The van der Waals surface area contributed by atoms with Gasteiger partial charge in [0.25, 0.3) is 0 Å². The van der Waals surface area contributed by atoms with E-state index < -0.39 is 0 Å². The molecule has 4 heteroatoms. The Bertz CT molecular complexity index is 754. The van der Waals surface area contributed by atoms with E-state index in [2.05, 4.69) is 91.0 Å². The molecule has 0 saturated heterocycles. The second-order valence-corrected chi connectivity index (χ2v) is 6.63. The van der Waals surface area contributed by atoms with Gasteiger partial charge < -0.3 is 10.6 Å². The highest BCUT2D eigenvalue weighted by atomic mass is 15.1. The molecule has 0 fully saturated rings. The van der Waals surface area contributed by atoms with Crippen LogP contribution in [0.2, 0.25) is 0 Å². The van der Waals surface area contributed by atoms with Crippen molar-refractivity contribution in [2.45, 2.75) is 40.8 Å². The topological polar surface area (TPSA) is 52.7 Å². The summed E-state index contributed by atoms with van der Waals surface area (Å²) < 4.78 is 0. The van der Waals surface area contributed by atoms with Crippen molar-refractivity contribution in [2.75, 3.05) is 10.6 Å². The molecule has 0 amide bonds. The monoisotopic (exact) mass is 334 g/mol. The fourth-order valence-corrected chi connectivity index (χ4v) is 3.14. The Kier molecular flexibility index (Phi) is 5.08. The van der Waals surface area contributed by atoms with E-state index in [1.807, 2.05) is 0 Å². The Morgan fingerprint density at radius 2 is 1.24 bits per heavy atom. The van der Waals surface area contributed by atoms with E-state index in [1.54, 1.807) is 0 Å². The number of H-pyrrole nitrogens is 1. The molecular formula is C21H26N4. The second-order valence-electron chi connectivity index (χ2n) is 6.63. The van der Waals surface area contributed by atoms with E-state index >= 15 is 0 Å². The number of rotatable bonds is 6. The first-order valence-corrected chi connectivity index (χ1v) is 8.68. The lowest BCUT2D eigenvalue weighted by molar-refractivity contribution is 0.940. The molecule has 4 nitrogen and oxygen atoms in total. The maximum absolute atomic E-state index is 4.42. The largest absolute Gasteiger partial charge is 0.379 e. The zero-order chi connectivity index (χ0) is 17.8. The number of nitrogens with zero attached hydrogens (tertiary/aromatic N) is 1. The summed E-state index contributed by atoms with van der Waals surface area (Å²) in [7, 11) is 0. The standard InChI is InChI=1S/C21H26N4/c1-14-7-5-8-15(2)20(14)22-12-18-11-19(25-24-18)13-23-21-16(3)9-6-10-17(21)4/h5-11,22-23H,12-13H2,1-4H3,(H,24,25). The Labute approximate surface area is 149 Å². The van der Waals surface area contributed by atoms with Crippen LogP contribution in [0.5, 0.6) is 0 Å². The molecule has 3 aromatic rings. The zero-order valence-corrected chi connectivity index (χ0v) is 15.4. The van der Waals surface area contributed by atoms with Crippen LogP contribution in [0.1, 0.15) is 33.6 Å². The van der Waals surface area contributed by atoms with Gasteiger partial charge in [-0.2, -0.15) is 5.10 Å². The van der Waals surface area contributed by atoms with Crippen LogP contribution in [0, 0.1) is 27.7 Å².